The Morgan fingerprint density at radius 1 is 1.14 bits per heavy atom. The second-order valence-corrected chi connectivity index (χ2v) is 12.1. The van der Waals surface area contributed by atoms with E-state index in [9.17, 15) is 14.9 Å². The second kappa shape index (κ2) is 12.6. The second-order valence-electron chi connectivity index (χ2n) is 11.3. The van der Waals surface area contributed by atoms with Crippen molar-refractivity contribution in [1.29, 1.82) is 5.26 Å². The molecule has 0 saturated carbocycles. The van der Waals surface area contributed by atoms with Crippen LogP contribution in [0, 0.1) is 11.3 Å². The molecule has 0 atom stereocenters. The molecule has 11 nitrogen and oxygen atoms in total. The number of amides is 1. The molecule has 1 amide bonds. The van der Waals surface area contributed by atoms with Gasteiger partial charge in [0, 0.05) is 43.3 Å². The molecule has 0 radical (unpaired) electrons. The maximum Gasteiger partial charge on any atom is 0.407 e. The summed E-state index contributed by atoms with van der Waals surface area (Å²) in [4.78, 5) is 36.5. The van der Waals surface area contributed by atoms with Crippen molar-refractivity contribution >= 4 is 57.5 Å². The third-order valence-electron chi connectivity index (χ3n) is 7.04. The summed E-state index contributed by atoms with van der Waals surface area (Å²) in [6.45, 7) is 6.97. The highest BCUT2D eigenvalue weighted by Gasteiger charge is 2.25. The Labute approximate surface area is 264 Å². The molecule has 2 aromatic heterocycles. The quantitative estimate of drug-likeness (QED) is 0.254. The SMILES string of the molecule is COc1cc(Nc2ncc3c(=O)n(-c4c(Cl)cccc4Cl)cc(C#N)c3n2)ccc1N1CCC(NC(=O)OC(C)(C)C)CC1. The fourth-order valence-electron chi connectivity index (χ4n) is 5.03. The van der Waals surface area contributed by atoms with Gasteiger partial charge in [0.1, 0.15) is 22.9 Å². The maximum atomic E-state index is 13.4. The van der Waals surface area contributed by atoms with Gasteiger partial charge in [0.2, 0.25) is 5.95 Å². The van der Waals surface area contributed by atoms with Gasteiger partial charge < -0.3 is 25.0 Å². The Hall–Kier alpha value is -4.53. The minimum absolute atomic E-state index is 0.0298. The Morgan fingerprint density at radius 2 is 1.84 bits per heavy atom. The molecule has 4 aromatic rings. The Morgan fingerprint density at radius 3 is 2.48 bits per heavy atom. The Balaban J connectivity index is 1.34. The van der Waals surface area contributed by atoms with Crippen LogP contribution in [0.4, 0.5) is 22.1 Å². The van der Waals surface area contributed by atoms with Crippen molar-refractivity contribution in [1.82, 2.24) is 19.9 Å². The summed E-state index contributed by atoms with van der Waals surface area (Å²) in [7, 11) is 1.60. The van der Waals surface area contributed by atoms with E-state index >= 15 is 0 Å². The number of carbonyl (C=O) groups excluding carboxylic acids is 1. The summed E-state index contributed by atoms with van der Waals surface area (Å²) in [5.74, 6) is 0.845. The van der Waals surface area contributed by atoms with Crippen molar-refractivity contribution in [2.45, 2.75) is 45.3 Å². The first-order valence-electron chi connectivity index (χ1n) is 13.9. The van der Waals surface area contributed by atoms with Crippen LogP contribution in [0.15, 0.2) is 53.6 Å². The normalized spacial score (nSPS) is 13.8. The maximum absolute atomic E-state index is 13.4. The average Bonchev–Trinajstić information content (AvgIpc) is 2.97. The number of aromatic nitrogens is 3. The minimum atomic E-state index is -0.544. The van der Waals surface area contributed by atoms with Crippen molar-refractivity contribution < 1.29 is 14.3 Å². The van der Waals surface area contributed by atoms with Crippen LogP contribution < -0.4 is 25.8 Å². The topological polar surface area (TPSA) is 134 Å². The van der Waals surface area contributed by atoms with Crippen molar-refractivity contribution in [3.05, 3.63) is 74.8 Å². The van der Waals surface area contributed by atoms with Gasteiger partial charge in [0.25, 0.3) is 5.56 Å². The molecule has 3 heterocycles. The molecule has 1 fully saturated rings. The lowest BCUT2D eigenvalue weighted by Crippen LogP contribution is -2.46. The summed E-state index contributed by atoms with van der Waals surface area (Å²) in [6.07, 6.45) is 3.87. The van der Waals surface area contributed by atoms with Crippen LogP contribution in [-0.4, -0.2) is 52.5 Å². The number of pyridine rings is 1. The van der Waals surface area contributed by atoms with E-state index in [0.29, 0.717) is 11.4 Å². The van der Waals surface area contributed by atoms with Gasteiger partial charge in [-0.1, -0.05) is 29.3 Å². The molecular weight excluding hydrogens is 605 g/mol. The predicted octanol–water partition coefficient (Wildman–Crippen LogP) is 6.20. The number of methoxy groups -OCH3 is 1. The van der Waals surface area contributed by atoms with E-state index in [-0.39, 0.29) is 44.2 Å². The van der Waals surface area contributed by atoms with Crippen LogP contribution in [0.3, 0.4) is 0 Å². The summed E-state index contributed by atoms with van der Waals surface area (Å²) in [5, 5.41) is 16.7. The molecule has 1 aliphatic rings. The molecule has 1 saturated heterocycles. The number of hydrogen-bond acceptors (Lipinski definition) is 9. The largest absolute Gasteiger partial charge is 0.495 e. The lowest BCUT2D eigenvalue weighted by Gasteiger charge is -2.35. The molecule has 1 aliphatic heterocycles. The highest BCUT2D eigenvalue weighted by atomic mass is 35.5. The molecule has 0 aliphatic carbocycles. The third-order valence-corrected chi connectivity index (χ3v) is 7.65. The third kappa shape index (κ3) is 6.67. The van der Waals surface area contributed by atoms with Gasteiger partial charge in [-0.25, -0.2) is 14.8 Å². The molecular formula is C31H31Cl2N7O4. The molecule has 13 heteroatoms. The molecule has 0 unspecified atom stereocenters. The minimum Gasteiger partial charge on any atom is -0.495 e. The highest BCUT2D eigenvalue weighted by Crippen LogP contribution is 2.34. The summed E-state index contributed by atoms with van der Waals surface area (Å²) in [6, 6.07) is 12.7. The fourth-order valence-corrected chi connectivity index (χ4v) is 5.61. The number of benzene rings is 2. The Bertz CT molecular complexity index is 1800. The van der Waals surface area contributed by atoms with E-state index < -0.39 is 17.3 Å². The van der Waals surface area contributed by atoms with Gasteiger partial charge in [0.15, 0.2) is 0 Å². The first-order valence-corrected chi connectivity index (χ1v) is 14.7. The monoisotopic (exact) mass is 635 g/mol. The van der Waals surface area contributed by atoms with Gasteiger partial charge in [0.05, 0.1) is 39.5 Å². The molecule has 0 bridgehead atoms. The standard InChI is InChI=1S/C31H31Cl2N7O4/c1-31(2,3)44-30(42)37-19-10-12-39(13-11-19)24-9-8-20(14-25(24)43-4)36-29-35-16-21-26(38-29)18(15-34)17-40(28(21)41)27-22(32)6-5-7-23(27)33/h5-9,14,16-17,19H,10-13H2,1-4H3,(H,37,42)(H,35,36,38). The van der Waals surface area contributed by atoms with Crippen molar-refractivity contribution in [3.63, 3.8) is 0 Å². The predicted molar refractivity (Wildman–Crippen MR) is 171 cm³/mol. The zero-order valence-electron chi connectivity index (χ0n) is 24.6. The summed E-state index contributed by atoms with van der Waals surface area (Å²) < 4.78 is 12.3. The number of nitrogens with zero attached hydrogens (tertiary/aromatic N) is 5. The zero-order chi connectivity index (χ0) is 31.6. The lowest BCUT2D eigenvalue weighted by molar-refractivity contribution is 0.0497. The number of nitriles is 1. The number of rotatable bonds is 6. The molecule has 2 N–H and O–H groups in total. The van der Waals surface area contributed by atoms with E-state index in [1.807, 2.05) is 39.0 Å². The first-order chi connectivity index (χ1) is 21.0. The molecule has 44 heavy (non-hydrogen) atoms. The lowest BCUT2D eigenvalue weighted by atomic mass is 10.0. The molecule has 0 spiro atoms. The number of para-hydroxylation sites is 1. The van der Waals surface area contributed by atoms with E-state index in [1.165, 1.54) is 17.0 Å². The summed E-state index contributed by atoms with van der Waals surface area (Å²) in [5.41, 5.74) is 1.19. The average molecular weight is 637 g/mol. The van der Waals surface area contributed by atoms with Crippen LogP contribution in [0.5, 0.6) is 5.75 Å². The van der Waals surface area contributed by atoms with E-state index in [2.05, 4.69) is 31.6 Å². The number of fused-ring (bicyclic) bond motifs is 1. The fraction of sp³-hybridized carbons (Fsp3) is 0.323. The summed E-state index contributed by atoms with van der Waals surface area (Å²) >= 11 is 12.7. The van der Waals surface area contributed by atoms with E-state index in [0.717, 1.165) is 31.6 Å². The van der Waals surface area contributed by atoms with E-state index in [1.54, 1.807) is 25.3 Å². The van der Waals surface area contributed by atoms with Gasteiger partial charge in [-0.2, -0.15) is 5.26 Å². The highest BCUT2D eigenvalue weighted by molar-refractivity contribution is 6.37. The Kier molecular flexibility index (Phi) is 8.85. The molecule has 2 aromatic carbocycles. The molecule has 228 valence electrons. The van der Waals surface area contributed by atoms with Crippen molar-refractivity contribution in [2.24, 2.45) is 0 Å². The number of hydrogen-bond donors (Lipinski definition) is 2. The number of ether oxygens (including phenoxy) is 2. The molecule has 5 rings (SSSR count). The van der Waals surface area contributed by atoms with Gasteiger partial charge in [-0.3, -0.25) is 9.36 Å². The van der Waals surface area contributed by atoms with Crippen molar-refractivity contribution in [3.8, 4) is 17.5 Å². The number of carbonyl (C=O) groups is 1. The van der Waals surface area contributed by atoms with Crippen molar-refractivity contribution in [2.75, 3.05) is 30.4 Å². The van der Waals surface area contributed by atoms with Crippen LogP contribution >= 0.6 is 23.2 Å². The van der Waals surface area contributed by atoms with Gasteiger partial charge in [-0.05, 0) is 57.9 Å². The number of alkyl carbamates (subject to hydrolysis) is 1. The van der Waals surface area contributed by atoms with E-state index in [4.69, 9.17) is 32.7 Å². The van der Waals surface area contributed by atoms with Gasteiger partial charge in [-0.15, -0.1) is 0 Å². The van der Waals surface area contributed by atoms with Crippen LogP contribution in [-0.2, 0) is 4.74 Å². The zero-order valence-corrected chi connectivity index (χ0v) is 26.2. The van der Waals surface area contributed by atoms with Crippen LogP contribution in [0.25, 0.3) is 16.6 Å². The number of piperidine rings is 1. The number of anilines is 3. The van der Waals surface area contributed by atoms with Crippen LogP contribution in [0.2, 0.25) is 10.0 Å². The van der Waals surface area contributed by atoms with Crippen LogP contribution in [0.1, 0.15) is 39.2 Å². The first kappa shape index (κ1) is 30.9. The number of halogens is 2. The smallest absolute Gasteiger partial charge is 0.407 e. The van der Waals surface area contributed by atoms with Gasteiger partial charge >= 0.3 is 6.09 Å². The number of nitrogens with one attached hydrogen (secondary N) is 2.